The number of carbonyl (C=O) groups excluding carboxylic acids is 1. The van der Waals surface area contributed by atoms with Gasteiger partial charge in [0.1, 0.15) is 6.54 Å². The second-order valence-corrected chi connectivity index (χ2v) is 4.79. The number of rotatable bonds is 2. The first-order valence-electron chi connectivity index (χ1n) is 5.07. The van der Waals surface area contributed by atoms with Crippen LogP contribution in [0.25, 0.3) is 11.0 Å². The minimum atomic E-state index is -0.0121. The zero-order chi connectivity index (χ0) is 12.6. The van der Waals surface area contributed by atoms with Gasteiger partial charge in [-0.05, 0) is 30.4 Å². The zero-order valence-corrected chi connectivity index (χ0v) is 11.1. The van der Waals surface area contributed by atoms with Crippen molar-refractivity contribution in [3.05, 3.63) is 28.0 Å². The van der Waals surface area contributed by atoms with Gasteiger partial charge in [0.25, 0.3) is 0 Å². The summed E-state index contributed by atoms with van der Waals surface area (Å²) in [6, 6.07) is 5.43. The Morgan fingerprint density at radius 3 is 2.88 bits per heavy atom. The Hall–Kier alpha value is -1.33. The zero-order valence-electron chi connectivity index (χ0n) is 9.53. The third kappa shape index (κ3) is 2.35. The molecule has 90 valence electrons. The Balaban J connectivity index is 2.53. The molecule has 0 aliphatic carbocycles. The van der Waals surface area contributed by atoms with Crippen LogP contribution in [0.3, 0.4) is 0 Å². The van der Waals surface area contributed by atoms with Gasteiger partial charge in [-0.25, -0.2) is 0 Å². The fourth-order valence-corrected chi connectivity index (χ4v) is 2.00. The van der Waals surface area contributed by atoms with Crippen molar-refractivity contribution >= 4 is 40.8 Å². The minimum absolute atomic E-state index is 0.0121. The molecule has 2 aromatic rings. The Morgan fingerprint density at radius 2 is 2.24 bits per heavy atom. The Morgan fingerprint density at radius 1 is 1.53 bits per heavy atom. The van der Waals surface area contributed by atoms with Gasteiger partial charge in [0.2, 0.25) is 5.91 Å². The van der Waals surface area contributed by atoms with Crippen LogP contribution in [-0.2, 0) is 11.3 Å². The van der Waals surface area contributed by atoms with Crippen LogP contribution in [0.15, 0.2) is 18.2 Å². The van der Waals surface area contributed by atoms with Crippen molar-refractivity contribution in [1.82, 2.24) is 14.5 Å². The van der Waals surface area contributed by atoms with Gasteiger partial charge < -0.3 is 14.5 Å². The maximum atomic E-state index is 11.7. The van der Waals surface area contributed by atoms with Crippen LogP contribution in [0.5, 0.6) is 0 Å². The van der Waals surface area contributed by atoms with Crippen molar-refractivity contribution in [3.8, 4) is 0 Å². The Kier molecular flexibility index (Phi) is 3.22. The van der Waals surface area contributed by atoms with Crippen molar-refractivity contribution in [3.63, 3.8) is 0 Å². The number of likely N-dealkylation sites (N-methyl/N-ethyl adjacent to an activating group) is 1. The predicted octanol–water partition coefficient (Wildman–Crippen LogP) is 2.44. The highest BCUT2D eigenvalue weighted by molar-refractivity contribution is 7.71. The SMILES string of the molecule is CN(C)C(=O)Cn1c(=S)[nH]c2ccc(Cl)cc21. The highest BCUT2D eigenvalue weighted by Gasteiger charge is 2.10. The number of nitrogens with one attached hydrogen (secondary N) is 1. The summed E-state index contributed by atoms with van der Waals surface area (Å²) in [5.74, 6) is -0.0121. The van der Waals surface area contributed by atoms with Crippen molar-refractivity contribution in [2.45, 2.75) is 6.54 Å². The van der Waals surface area contributed by atoms with E-state index >= 15 is 0 Å². The van der Waals surface area contributed by atoms with E-state index in [0.29, 0.717) is 9.79 Å². The number of aromatic amines is 1. The molecule has 1 aromatic heterocycles. The average Bonchev–Trinajstić information content (AvgIpc) is 2.55. The number of amides is 1. The number of benzene rings is 1. The lowest BCUT2D eigenvalue weighted by molar-refractivity contribution is -0.129. The molecule has 0 saturated carbocycles. The number of aromatic nitrogens is 2. The van der Waals surface area contributed by atoms with E-state index in [1.165, 1.54) is 4.90 Å². The minimum Gasteiger partial charge on any atom is -0.347 e. The van der Waals surface area contributed by atoms with E-state index in [4.69, 9.17) is 23.8 Å². The fraction of sp³-hybridized carbons (Fsp3) is 0.273. The summed E-state index contributed by atoms with van der Waals surface area (Å²) in [5.41, 5.74) is 1.73. The third-order valence-corrected chi connectivity index (χ3v) is 3.09. The molecule has 0 radical (unpaired) electrons. The van der Waals surface area contributed by atoms with Gasteiger partial charge in [-0.15, -0.1) is 0 Å². The Bertz CT molecular complexity index is 629. The van der Waals surface area contributed by atoms with E-state index in [0.717, 1.165) is 11.0 Å². The molecular formula is C11H12ClN3OS. The first-order valence-corrected chi connectivity index (χ1v) is 5.86. The molecule has 0 aliphatic heterocycles. The number of halogens is 1. The van der Waals surface area contributed by atoms with Gasteiger partial charge in [-0.1, -0.05) is 11.6 Å². The summed E-state index contributed by atoms with van der Waals surface area (Å²) >= 11 is 11.1. The van der Waals surface area contributed by atoms with Crippen LogP contribution < -0.4 is 0 Å². The molecule has 0 spiro atoms. The highest BCUT2D eigenvalue weighted by atomic mass is 35.5. The second-order valence-electron chi connectivity index (χ2n) is 3.97. The largest absolute Gasteiger partial charge is 0.347 e. The summed E-state index contributed by atoms with van der Waals surface area (Å²) in [6.45, 7) is 0.214. The van der Waals surface area contributed by atoms with Gasteiger partial charge in [-0.3, -0.25) is 4.79 Å². The molecule has 17 heavy (non-hydrogen) atoms. The van der Waals surface area contributed by atoms with E-state index in [9.17, 15) is 4.79 Å². The molecule has 0 bridgehead atoms. The second kappa shape index (κ2) is 4.50. The fourth-order valence-electron chi connectivity index (χ4n) is 1.56. The molecule has 0 saturated heterocycles. The maximum Gasteiger partial charge on any atom is 0.242 e. The quantitative estimate of drug-likeness (QED) is 0.851. The van der Waals surface area contributed by atoms with Crippen molar-refractivity contribution in [2.75, 3.05) is 14.1 Å². The van der Waals surface area contributed by atoms with Crippen molar-refractivity contribution in [2.24, 2.45) is 0 Å². The molecule has 4 nitrogen and oxygen atoms in total. The number of carbonyl (C=O) groups is 1. The Labute approximate surface area is 109 Å². The first-order chi connectivity index (χ1) is 7.99. The number of nitrogens with zero attached hydrogens (tertiary/aromatic N) is 2. The molecule has 0 unspecified atom stereocenters. The van der Waals surface area contributed by atoms with E-state index in [-0.39, 0.29) is 12.5 Å². The topological polar surface area (TPSA) is 41.0 Å². The van der Waals surface area contributed by atoms with Gasteiger partial charge in [0.05, 0.1) is 11.0 Å². The van der Waals surface area contributed by atoms with Crippen LogP contribution >= 0.6 is 23.8 Å². The van der Waals surface area contributed by atoms with Crippen molar-refractivity contribution in [1.29, 1.82) is 0 Å². The molecule has 1 aromatic carbocycles. The van der Waals surface area contributed by atoms with Crippen LogP contribution in [0.1, 0.15) is 0 Å². The van der Waals surface area contributed by atoms with Crippen LogP contribution in [-0.4, -0.2) is 34.5 Å². The van der Waals surface area contributed by atoms with Crippen LogP contribution in [0.4, 0.5) is 0 Å². The summed E-state index contributed by atoms with van der Waals surface area (Å²) in [6.07, 6.45) is 0. The van der Waals surface area contributed by atoms with E-state index in [2.05, 4.69) is 4.98 Å². The summed E-state index contributed by atoms with van der Waals surface area (Å²) in [4.78, 5) is 16.3. The predicted molar refractivity (Wildman–Crippen MR) is 70.8 cm³/mol. The van der Waals surface area contributed by atoms with E-state index < -0.39 is 0 Å². The lowest BCUT2D eigenvalue weighted by Gasteiger charge is -2.11. The van der Waals surface area contributed by atoms with Gasteiger partial charge in [0.15, 0.2) is 4.77 Å². The molecule has 0 aliphatic rings. The molecule has 1 N–H and O–H groups in total. The molecular weight excluding hydrogens is 258 g/mol. The molecule has 0 fully saturated rings. The summed E-state index contributed by atoms with van der Waals surface area (Å²) in [5, 5.41) is 0.623. The number of imidazole rings is 1. The molecule has 6 heteroatoms. The lowest BCUT2D eigenvalue weighted by Crippen LogP contribution is -2.26. The monoisotopic (exact) mass is 269 g/mol. The summed E-state index contributed by atoms with van der Waals surface area (Å²) < 4.78 is 2.27. The van der Waals surface area contributed by atoms with Crippen LogP contribution in [0, 0.1) is 4.77 Å². The van der Waals surface area contributed by atoms with Gasteiger partial charge >= 0.3 is 0 Å². The third-order valence-electron chi connectivity index (χ3n) is 2.53. The molecule has 2 rings (SSSR count). The smallest absolute Gasteiger partial charge is 0.242 e. The molecule has 1 heterocycles. The number of hydrogen-bond donors (Lipinski definition) is 1. The standard InChI is InChI=1S/C11H12ClN3OS/c1-14(2)10(16)6-15-9-5-7(12)3-4-8(9)13-11(15)17/h3-5H,6H2,1-2H3,(H,13,17). The number of hydrogen-bond acceptors (Lipinski definition) is 2. The first kappa shape index (κ1) is 12.1. The van der Waals surface area contributed by atoms with Gasteiger partial charge in [0, 0.05) is 19.1 Å². The normalized spacial score (nSPS) is 10.8. The van der Waals surface area contributed by atoms with E-state index in [1.807, 2.05) is 6.07 Å². The number of fused-ring (bicyclic) bond motifs is 1. The lowest BCUT2D eigenvalue weighted by atomic mass is 10.3. The van der Waals surface area contributed by atoms with Crippen molar-refractivity contribution < 1.29 is 4.79 Å². The van der Waals surface area contributed by atoms with Crippen LogP contribution in [0.2, 0.25) is 5.02 Å². The van der Waals surface area contributed by atoms with Gasteiger partial charge in [-0.2, -0.15) is 0 Å². The highest BCUT2D eigenvalue weighted by Crippen LogP contribution is 2.19. The molecule has 0 atom stereocenters. The number of H-pyrrole nitrogens is 1. The maximum absolute atomic E-state index is 11.7. The van der Waals surface area contributed by atoms with E-state index in [1.54, 1.807) is 30.8 Å². The average molecular weight is 270 g/mol. The molecule has 1 amide bonds. The summed E-state index contributed by atoms with van der Waals surface area (Å²) in [7, 11) is 3.43.